The monoisotopic (exact) mass is 308 g/mol. The highest BCUT2D eigenvalue weighted by Gasteiger charge is 2.16. The van der Waals surface area contributed by atoms with Gasteiger partial charge in [0.25, 0.3) is 5.56 Å². The number of nitrogens with zero attached hydrogens (tertiary/aromatic N) is 3. The molecule has 0 unspecified atom stereocenters. The number of methoxy groups -OCH3 is 1. The normalized spacial score (nSPS) is 10.9. The Bertz CT molecular complexity index is 678. The van der Waals surface area contributed by atoms with Crippen molar-refractivity contribution in [2.45, 2.75) is 26.8 Å². The van der Waals surface area contributed by atoms with Gasteiger partial charge in [-0.05, 0) is 31.9 Å². The number of pyridine rings is 1. The van der Waals surface area contributed by atoms with E-state index in [0.29, 0.717) is 28.9 Å². The first-order valence-corrected chi connectivity index (χ1v) is 7.61. The summed E-state index contributed by atoms with van der Waals surface area (Å²) in [5, 5.41) is 12.4. The second-order valence-electron chi connectivity index (χ2n) is 4.81. The number of nitrogens with one attached hydrogen (secondary N) is 1. The maximum atomic E-state index is 12.7. The van der Waals surface area contributed by atoms with E-state index in [4.69, 9.17) is 4.74 Å². The summed E-state index contributed by atoms with van der Waals surface area (Å²) in [6, 6.07) is 2.02. The second kappa shape index (κ2) is 6.82. The third-order valence-corrected chi connectivity index (χ3v) is 4.25. The predicted octanol–water partition coefficient (Wildman–Crippen LogP) is 2.06. The minimum Gasteiger partial charge on any atom is -0.385 e. The Kier molecular flexibility index (Phi) is 5.08. The Labute approximate surface area is 127 Å². The molecule has 0 aliphatic heterocycles. The molecule has 2 aromatic heterocycles. The van der Waals surface area contributed by atoms with Gasteiger partial charge in [-0.15, -0.1) is 10.2 Å². The summed E-state index contributed by atoms with van der Waals surface area (Å²) in [4.78, 5) is 12.7. The first-order chi connectivity index (χ1) is 10.1. The summed E-state index contributed by atoms with van der Waals surface area (Å²) in [5.74, 6) is 0. The average Bonchev–Trinajstić information content (AvgIpc) is 2.91. The average molecular weight is 308 g/mol. The number of anilines is 1. The molecule has 1 N–H and O–H groups in total. The van der Waals surface area contributed by atoms with E-state index in [9.17, 15) is 4.79 Å². The van der Waals surface area contributed by atoms with Crippen LogP contribution in [0.3, 0.4) is 0 Å². The molecule has 7 heteroatoms. The number of ether oxygens (including phenoxy) is 1. The molecule has 21 heavy (non-hydrogen) atoms. The molecule has 0 spiro atoms. The third kappa shape index (κ3) is 3.30. The van der Waals surface area contributed by atoms with Crippen molar-refractivity contribution < 1.29 is 4.74 Å². The molecule has 0 fully saturated rings. The predicted molar refractivity (Wildman–Crippen MR) is 85.1 cm³/mol. The van der Waals surface area contributed by atoms with Crippen LogP contribution >= 0.6 is 11.3 Å². The molecule has 0 atom stereocenters. The first-order valence-electron chi connectivity index (χ1n) is 6.80. The van der Waals surface area contributed by atoms with Crippen LogP contribution < -0.4 is 10.9 Å². The zero-order chi connectivity index (χ0) is 15.4. The lowest BCUT2D eigenvalue weighted by Crippen LogP contribution is -2.25. The number of rotatable bonds is 6. The summed E-state index contributed by atoms with van der Waals surface area (Å²) in [6.07, 6.45) is 0.803. The van der Waals surface area contributed by atoms with Gasteiger partial charge in [-0.3, -0.25) is 4.79 Å². The van der Waals surface area contributed by atoms with Crippen molar-refractivity contribution in [1.82, 2.24) is 14.8 Å². The van der Waals surface area contributed by atoms with Gasteiger partial charge in [0, 0.05) is 33.0 Å². The molecule has 0 amide bonds. The van der Waals surface area contributed by atoms with E-state index < -0.39 is 0 Å². The van der Waals surface area contributed by atoms with Gasteiger partial charge in [-0.2, -0.15) is 0 Å². The molecule has 2 aromatic rings. The maximum absolute atomic E-state index is 12.7. The molecule has 0 saturated heterocycles. The van der Waals surface area contributed by atoms with Gasteiger partial charge < -0.3 is 14.6 Å². The van der Waals surface area contributed by atoms with Crippen LogP contribution in [0.15, 0.2) is 10.9 Å². The Morgan fingerprint density at radius 1 is 1.38 bits per heavy atom. The maximum Gasteiger partial charge on any atom is 0.261 e. The van der Waals surface area contributed by atoms with Crippen LogP contribution in [0.1, 0.15) is 17.7 Å². The van der Waals surface area contributed by atoms with Crippen LogP contribution in [-0.2, 0) is 11.3 Å². The van der Waals surface area contributed by atoms with E-state index in [1.165, 1.54) is 11.3 Å². The van der Waals surface area contributed by atoms with Crippen molar-refractivity contribution in [2.24, 2.45) is 0 Å². The molecule has 6 nitrogen and oxygen atoms in total. The molecule has 0 aromatic carbocycles. The molecule has 0 aliphatic carbocycles. The van der Waals surface area contributed by atoms with Crippen LogP contribution in [0.5, 0.6) is 0 Å². The minimum absolute atomic E-state index is 0.0117. The van der Waals surface area contributed by atoms with Gasteiger partial charge in [0.15, 0.2) is 5.01 Å². The van der Waals surface area contributed by atoms with Crippen molar-refractivity contribution in [1.29, 1.82) is 0 Å². The van der Waals surface area contributed by atoms with E-state index in [1.54, 1.807) is 18.7 Å². The van der Waals surface area contributed by atoms with E-state index >= 15 is 0 Å². The number of hydrogen-bond donors (Lipinski definition) is 1. The number of aryl methyl sites for hydroxylation is 2. The molecule has 114 valence electrons. The summed E-state index contributed by atoms with van der Waals surface area (Å²) in [6.45, 7) is 5.16. The SMILES string of the molecule is CNc1nnc(-c2c(C)cc(C)n(CCCOC)c2=O)s1. The summed E-state index contributed by atoms with van der Waals surface area (Å²) in [5.41, 5.74) is 2.51. The van der Waals surface area contributed by atoms with Gasteiger partial charge in [0.2, 0.25) is 5.13 Å². The lowest BCUT2D eigenvalue weighted by Gasteiger charge is -2.13. The summed E-state index contributed by atoms with van der Waals surface area (Å²) < 4.78 is 6.84. The van der Waals surface area contributed by atoms with Gasteiger partial charge in [-0.25, -0.2) is 0 Å². The molecular weight excluding hydrogens is 288 g/mol. The molecular formula is C14H20N4O2S. The smallest absolute Gasteiger partial charge is 0.261 e. The van der Waals surface area contributed by atoms with Crippen LogP contribution in [0.4, 0.5) is 5.13 Å². The highest BCUT2D eigenvalue weighted by atomic mass is 32.1. The van der Waals surface area contributed by atoms with Gasteiger partial charge in [-0.1, -0.05) is 11.3 Å². The fraction of sp³-hybridized carbons (Fsp3) is 0.500. The van der Waals surface area contributed by atoms with Crippen molar-refractivity contribution in [2.75, 3.05) is 26.1 Å². The van der Waals surface area contributed by atoms with E-state index in [-0.39, 0.29) is 5.56 Å². The molecule has 2 heterocycles. The molecule has 0 aliphatic rings. The van der Waals surface area contributed by atoms with Crippen molar-refractivity contribution in [3.63, 3.8) is 0 Å². The highest BCUT2D eigenvalue weighted by Crippen LogP contribution is 2.26. The lowest BCUT2D eigenvalue weighted by atomic mass is 10.1. The minimum atomic E-state index is -0.0117. The molecule has 0 bridgehead atoms. The van der Waals surface area contributed by atoms with Crippen molar-refractivity contribution in [3.8, 4) is 10.6 Å². The van der Waals surface area contributed by atoms with Gasteiger partial charge in [0.1, 0.15) is 0 Å². The number of hydrogen-bond acceptors (Lipinski definition) is 6. The zero-order valence-electron chi connectivity index (χ0n) is 12.8. The van der Waals surface area contributed by atoms with Crippen molar-refractivity contribution >= 4 is 16.5 Å². The fourth-order valence-electron chi connectivity index (χ4n) is 2.26. The van der Waals surface area contributed by atoms with Crippen molar-refractivity contribution in [3.05, 3.63) is 27.7 Å². The third-order valence-electron chi connectivity index (χ3n) is 3.29. The van der Waals surface area contributed by atoms with Crippen LogP contribution in [0, 0.1) is 13.8 Å². The van der Waals surface area contributed by atoms with Crippen LogP contribution in [0.25, 0.3) is 10.6 Å². The molecule has 2 rings (SSSR count). The molecule has 0 saturated carbocycles. The van der Waals surface area contributed by atoms with Gasteiger partial charge >= 0.3 is 0 Å². The quantitative estimate of drug-likeness (QED) is 0.827. The zero-order valence-corrected chi connectivity index (χ0v) is 13.6. The lowest BCUT2D eigenvalue weighted by molar-refractivity contribution is 0.189. The van der Waals surface area contributed by atoms with E-state index in [2.05, 4.69) is 15.5 Å². The topological polar surface area (TPSA) is 69.0 Å². The molecule has 0 radical (unpaired) electrons. The van der Waals surface area contributed by atoms with Crippen LogP contribution in [0.2, 0.25) is 0 Å². The standard InChI is InChI=1S/C14H20N4O2S/c1-9-8-10(2)18(6-5-7-20-4)13(19)11(9)12-16-17-14(15-3)21-12/h8H,5-7H2,1-4H3,(H,15,17). The summed E-state index contributed by atoms with van der Waals surface area (Å²) >= 11 is 1.39. The Morgan fingerprint density at radius 3 is 2.76 bits per heavy atom. The van der Waals surface area contributed by atoms with E-state index in [0.717, 1.165) is 17.7 Å². The Morgan fingerprint density at radius 2 is 2.14 bits per heavy atom. The highest BCUT2D eigenvalue weighted by molar-refractivity contribution is 7.18. The number of aromatic nitrogens is 3. The fourth-order valence-corrected chi connectivity index (χ4v) is 3.06. The Hall–Kier alpha value is -1.73. The summed E-state index contributed by atoms with van der Waals surface area (Å²) in [7, 11) is 3.45. The Balaban J connectivity index is 2.45. The first kappa shape index (κ1) is 15.7. The van der Waals surface area contributed by atoms with Crippen LogP contribution in [-0.4, -0.2) is 35.5 Å². The largest absolute Gasteiger partial charge is 0.385 e. The van der Waals surface area contributed by atoms with Gasteiger partial charge in [0.05, 0.1) is 5.56 Å². The van der Waals surface area contributed by atoms with E-state index in [1.807, 2.05) is 19.9 Å². The second-order valence-corrected chi connectivity index (χ2v) is 5.79.